The normalized spacial score (nSPS) is 33.3. The Morgan fingerprint density at radius 1 is 1.38 bits per heavy atom. The number of piperidine rings is 1. The van der Waals surface area contributed by atoms with Gasteiger partial charge >= 0.3 is 0 Å². The van der Waals surface area contributed by atoms with Gasteiger partial charge in [-0.25, -0.2) is 0 Å². The van der Waals surface area contributed by atoms with Crippen LogP contribution in [0, 0.1) is 17.2 Å². The number of hydrogen-bond acceptors (Lipinski definition) is 3. The molecule has 2 unspecified atom stereocenters. The van der Waals surface area contributed by atoms with Gasteiger partial charge in [-0.15, -0.1) is 0 Å². The molecule has 92 valence electrons. The van der Waals surface area contributed by atoms with E-state index in [9.17, 15) is 0 Å². The highest BCUT2D eigenvalue weighted by atomic mass is 15.3. The summed E-state index contributed by atoms with van der Waals surface area (Å²) in [4.78, 5) is 2.38. The number of nitrogens with two attached hydrogens (primary N) is 1. The first-order valence-electron chi connectivity index (χ1n) is 6.10. The quantitative estimate of drug-likeness (QED) is 0.780. The average Bonchev–Trinajstić information content (AvgIpc) is 2.20. The molecule has 1 fully saturated rings. The highest BCUT2D eigenvalue weighted by molar-refractivity contribution is 5.05. The first-order chi connectivity index (χ1) is 7.23. The Morgan fingerprint density at radius 2 is 1.94 bits per heavy atom. The van der Waals surface area contributed by atoms with Gasteiger partial charge < -0.3 is 5.73 Å². The third kappa shape index (κ3) is 2.23. The van der Waals surface area contributed by atoms with Crippen LogP contribution in [0.4, 0.5) is 0 Å². The molecule has 0 radical (unpaired) electrons. The second-order valence-electron chi connectivity index (χ2n) is 6.21. The van der Waals surface area contributed by atoms with Crippen molar-refractivity contribution in [2.45, 2.75) is 64.1 Å². The van der Waals surface area contributed by atoms with Crippen LogP contribution in [0.15, 0.2) is 0 Å². The molecule has 0 aromatic carbocycles. The predicted molar refractivity (Wildman–Crippen MR) is 66.9 cm³/mol. The summed E-state index contributed by atoms with van der Waals surface area (Å²) in [6, 6.07) is 2.38. The van der Waals surface area contributed by atoms with E-state index >= 15 is 0 Å². The van der Waals surface area contributed by atoms with Crippen LogP contribution in [-0.2, 0) is 0 Å². The first-order valence-corrected chi connectivity index (χ1v) is 6.10. The van der Waals surface area contributed by atoms with Crippen LogP contribution < -0.4 is 5.73 Å². The van der Waals surface area contributed by atoms with E-state index in [-0.39, 0.29) is 17.1 Å². The Bertz CT molecular complexity index is 288. The van der Waals surface area contributed by atoms with Crippen molar-refractivity contribution in [3.63, 3.8) is 0 Å². The van der Waals surface area contributed by atoms with Gasteiger partial charge in [0.15, 0.2) is 0 Å². The molecule has 0 bridgehead atoms. The summed E-state index contributed by atoms with van der Waals surface area (Å²) in [6.45, 7) is 8.94. The van der Waals surface area contributed by atoms with Crippen molar-refractivity contribution in [1.82, 2.24) is 4.90 Å². The number of hydrogen-bond donors (Lipinski definition) is 1. The maximum atomic E-state index is 8.69. The van der Waals surface area contributed by atoms with Crippen molar-refractivity contribution < 1.29 is 0 Å². The maximum absolute atomic E-state index is 8.69. The fourth-order valence-electron chi connectivity index (χ4n) is 3.02. The van der Waals surface area contributed by atoms with E-state index in [1.165, 1.54) is 0 Å². The molecule has 2 atom stereocenters. The second kappa shape index (κ2) is 4.35. The Kier molecular flexibility index (Phi) is 3.66. The minimum absolute atomic E-state index is 0.00186. The van der Waals surface area contributed by atoms with Gasteiger partial charge in [-0.3, -0.25) is 4.90 Å². The second-order valence-corrected chi connectivity index (χ2v) is 6.21. The Morgan fingerprint density at radius 3 is 2.44 bits per heavy atom. The van der Waals surface area contributed by atoms with E-state index in [2.05, 4.69) is 45.7 Å². The lowest BCUT2D eigenvalue weighted by atomic mass is 9.69. The molecule has 0 spiro atoms. The number of nitrogens with zero attached hydrogens (tertiary/aromatic N) is 2. The molecule has 0 aromatic rings. The zero-order valence-electron chi connectivity index (χ0n) is 11.2. The van der Waals surface area contributed by atoms with Crippen LogP contribution in [0.2, 0.25) is 0 Å². The monoisotopic (exact) mass is 223 g/mol. The van der Waals surface area contributed by atoms with Crippen LogP contribution >= 0.6 is 0 Å². The van der Waals surface area contributed by atoms with E-state index in [0.29, 0.717) is 12.3 Å². The fourth-order valence-corrected chi connectivity index (χ4v) is 3.02. The van der Waals surface area contributed by atoms with Gasteiger partial charge in [-0.1, -0.05) is 0 Å². The van der Waals surface area contributed by atoms with E-state index in [1.807, 2.05) is 0 Å². The number of rotatable bonds is 2. The molecular formula is C13H25N3. The van der Waals surface area contributed by atoms with Gasteiger partial charge in [0.1, 0.15) is 0 Å². The molecule has 3 nitrogen and oxygen atoms in total. The zero-order chi connectivity index (χ0) is 12.6. The van der Waals surface area contributed by atoms with Gasteiger partial charge in [0, 0.05) is 23.5 Å². The molecule has 1 heterocycles. The summed E-state index contributed by atoms with van der Waals surface area (Å²) in [5.74, 6) is 0.459. The Balaban J connectivity index is 2.88. The fraction of sp³-hybridized carbons (Fsp3) is 0.923. The summed E-state index contributed by atoms with van der Waals surface area (Å²) < 4.78 is 0. The zero-order valence-corrected chi connectivity index (χ0v) is 11.2. The van der Waals surface area contributed by atoms with Crippen LogP contribution in [0.3, 0.4) is 0 Å². The van der Waals surface area contributed by atoms with Gasteiger partial charge in [-0.05, 0) is 53.5 Å². The first kappa shape index (κ1) is 13.5. The minimum Gasteiger partial charge on any atom is -0.326 e. The summed E-state index contributed by atoms with van der Waals surface area (Å²) in [5, 5.41) is 8.69. The molecule has 1 aliphatic heterocycles. The van der Waals surface area contributed by atoms with Crippen molar-refractivity contribution in [2.75, 3.05) is 7.05 Å². The topological polar surface area (TPSA) is 53.0 Å². The van der Waals surface area contributed by atoms with Gasteiger partial charge in [0.05, 0.1) is 6.07 Å². The molecule has 3 heteroatoms. The Hall–Kier alpha value is -0.590. The lowest BCUT2D eigenvalue weighted by Gasteiger charge is -2.57. The van der Waals surface area contributed by atoms with Crippen molar-refractivity contribution >= 4 is 0 Å². The summed E-state index contributed by atoms with van der Waals surface area (Å²) in [5.41, 5.74) is 6.53. The molecule has 0 aromatic heterocycles. The van der Waals surface area contributed by atoms with E-state index in [0.717, 1.165) is 12.8 Å². The molecule has 1 saturated heterocycles. The molecule has 1 aliphatic rings. The molecular weight excluding hydrogens is 198 g/mol. The predicted octanol–water partition coefficient (Wildman–Crippen LogP) is 2.13. The average molecular weight is 223 g/mol. The molecule has 0 amide bonds. The third-order valence-corrected chi connectivity index (χ3v) is 4.48. The minimum atomic E-state index is 0.00186. The lowest BCUT2D eigenvalue weighted by Crippen LogP contribution is -2.68. The lowest BCUT2D eigenvalue weighted by molar-refractivity contribution is -0.0474. The SMILES string of the molecule is CN1C(C)(C)CC(CCC#N)C(N)C1(C)C. The van der Waals surface area contributed by atoms with Crippen molar-refractivity contribution in [1.29, 1.82) is 5.26 Å². The maximum Gasteiger partial charge on any atom is 0.0621 e. The molecule has 0 aliphatic carbocycles. The highest BCUT2D eigenvalue weighted by Crippen LogP contribution is 2.40. The molecule has 0 saturated carbocycles. The van der Waals surface area contributed by atoms with Gasteiger partial charge in [-0.2, -0.15) is 5.26 Å². The highest BCUT2D eigenvalue weighted by Gasteiger charge is 2.47. The summed E-state index contributed by atoms with van der Waals surface area (Å²) in [6.07, 6.45) is 2.63. The van der Waals surface area contributed by atoms with E-state index in [1.54, 1.807) is 0 Å². The largest absolute Gasteiger partial charge is 0.326 e. The number of nitriles is 1. The smallest absolute Gasteiger partial charge is 0.0621 e. The van der Waals surface area contributed by atoms with E-state index < -0.39 is 0 Å². The summed E-state index contributed by atoms with van der Waals surface area (Å²) in [7, 11) is 2.15. The van der Waals surface area contributed by atoms with Crippen LogP contribution in [0.1, 0.15) is 47.0 Å². The van der Waals surface area contributed by atoms with Gasteiger partial charge in [0.2, 0.25) is 0 Å². The Labute approximate surface area is 99.6 Å². The van der Waals surface area contributed by atoms with Crippen molar-refractivity contribution in [3.8, 4) is 6.07 Å². The third-order valence-electron chi connectivity index (χ3n) is 4.48. The van der Waals surface area contributed by atoms with Crippen LogP contribution in [0.25, 0.3) is 0 Å². The molecule has 2 N–H and O–H groups in total. The van der Waals surface area contributed by atoms with Crippen LogP contribution in [-0.4, -0.2) is 29.1 Å². The van der Waals surface area contributed by atoms with Crippen molar-refractivity contribution in [2.24, 2.45) is 11.7 Å². The standard InChI is InChI=1S/C13H25N3/c1-12(2)9-10(7-6-8-14)11(15)13(3,4)16(12)5/h10-11H,6-7,9,15H2,1-5H3. The van der Waals surface area contributed by atoms with Crippen molar-refractivity contribution in [3.05, 3.63) is 0 Å². The molecule has 1 rings (SSSR count). The van der Waals surface area contributed by atoms with Gasteiger partial charge in [0.25, 0.3) is 0 Å². The van der Waals surface area contributed by atoms with Crippen LogP contribution in [0.5, 0.6) is 0 Å². The molecule has 16 heavy (non-hydrogen) atoms. The number of likely N-dealkylation sites (tertiary alicyclic amines) is 1. The summed E-state index contributed by atoms with van der Waals surface area (Å²) >= 11 is 0. The van der Waals surface area contributed by atoms with E-state index in [4.69, 9.17) is 11.0 Å². The number of likely N-dealkylation sites (N-methyl/N-ethyl adjacent to an activating group) is 1.